The van der Waals surface area contributed by atoms with Crippen LogP contribution in [0.3, 0.4) is 0 Å². The monoisotopic (exact) mass is 210 g/mol. The molecular weight excluding hydrogens is 192 g/mol. The van der Waals surface area contributed by atoms with E-state index in [9.17, 15) is 9.59 Å². The molecule has 0 aromatic carbocycles. The maximum absolute atomic E-state index is 11.6. The summed E-state index contributed by atoms with van der Waals surface area (Å²) >= 11 is 0. The van der Waals surface area contributed by atoms with Gasteiger partial charge in [-0.15, -0.1) is 0 Å². The first-order chi connectivity index (χ1) is 7.24. The van der Waals surface area contributed by atoms with Crippen LogP contribution in [0, 0.1) is 5.92 Å². The van der Waals surface area contributed by atoms with Crippen molar-refractivity contribution in [2.24, 2.45) is 5.92 Å². The largest absolute Gasteiger partial charge is 0.466 e. The van der Waals surface area contributed by atoms with Gasteiger partial charge in [-0.1, -0.05) is 12.5 Å². The van der Waals surface area contributed by atoms with Crippen LogP contribution in [-0.4, -0.2) is 18.4 Å². The topological polar surface area (TPSA) is 43.4 Å². The molecule has 3 heteroatoms. The second-order valence-corrected chi connectivity index (χ2v) is 3.80. The number of esters is 1. The van der Waals surface area contributed by atoms with Gasteiger partial charge in [0.05, 0.1) is 13.0 Å². The predicted octanol–water partition coefficient (Wildman–Crippen LogP) is 2.26. The van der Waals surface area contributed by atoms with Gasteiger partial charge < -0.3 is 4.74 Å². The number of hydrogen-bond donors (Lipinski definition) is 0. The molecule has 0 amide bonds. The fourth-order valence-electron chi connectivity index (χ4n) is 1.75. The fraction of sp³-hybridized carbons (Fsp3) is 0.667. The molecule has 1 aliphatic carbocycles. The SMILES string of the molecule is CCOC(=O)CC1CCCCC=CC1=O. The van der Waals surface area contributed by atoms with Crippen molar-refractivity contribution in [1.29, 1.82) is 0 Å². The first-order valence-corrected chi connectivity index (χ1v) is 5.60. The lowest BCUT2D eigenvalue weighted by Crippen LogP contribution is -2.19. The summed E-state index contributed by atoms with van der Waals surface area (Å²) in [7, 11) is 0. The first-order valence-electron chi connectivity index (χ1n) is 5.60. The molecule has 3 nitrogen and oxygen atoms in total. The number of hydrogen-bond acceptors (Lipinski definition) is 3. The number of allylic oxidation sites excluding steroid dienone is 2. The zero-order chi connectivity index (χ0) is 11.1. The molecule has 0 fully saturated rings. The third-order valence-electron chi connectivity index (χ3n) is 2.58. The van der Waals surface area contributed by atoms with Crippen molar-refractivity contribution in [2.75, 3.05) is 6.61 Å². The zero-order valence-electron chi connectivity index (χ0n) is 9.20. The van der Waals surface area contributed by atoms with Gasteiger partial charge in [0.1, 0.15) is 0 Å². The van der Waals surface area contributed by atoms with Crippen LogP contribution in [0.15, 0.2) is 12.2 Å². The number of ketones is 1. The minimum Gasteiger partial charge on any atom is -0.466 e. The van der Waals surface area contributed by atoms with E-state index in [-0.39, 0.29) is 24.1 Å². The molecule has 0 saturated heterocycles. The van der Waals surface area contributed by atoms with Crippen molar-refractivity contribution in [3.63, 3.8) is 0 Å². The molecule has 1 atom stereocenters. The molecular formula is C12H18O3. The standard InChI is InChI=1S/C12H18O3/c1-2-15-12(14)9-10-7-5-3-4-6-8-11(10)13/h6,8,10H,2-5,7,9H2,1H3. The molecule has 0 aromatic heterocycles. The van der Waals surface area contributed by atoms with Crippen LogP contribution in [-0.2, 0) is 14.3 Å². The van der Waals surface area contributed by atoms with Crippen LogP contribution in [0.1, 0.15) is 39.0 Å². The first kappa shape index (κ1) is 12.0. The van der Waals surface area contributed by atoms with E-state index in [0.717, 1.165) is 25.7 Å². The molecule has 0 radical (unpaired) electrons. The minimum absolute atomic E-state index is 0.0720. The molecule has 0 N–H and O–H groups in total. The van der Waals surface area contributed by atoms with Crippen LogP contribution in [0.5, 0.6) is 0 Å². The van der Waals surface area contributed by atoms with E-state index in [1.165, 1.54) is 0 Å². The Bertz CT molecular complexity index is 256. The highest BCUT2D eigenvalue weighted by atomic mass is 16.5. The Morgan fingerprint density at radius 1 is 1.53 bits per heavy atom. The highest BCUT2D eigenvalue weighted by Gasteiger charge is 2.20. The lowest BCUT2D eigenvalue weighted by atomic mass is 9.91. The van der Waals surface area contributed by atoms with Gasteiger partial charge >= 0.3 is 5.97 Å². The van der Waals surface area contributed by atoms with Gasteiger partial charge in [-0.25, -0.2) is 0 Å². The van der Waals surface area contributed by atoms with E-state index in [1.807, 2.05) is 6.08 Å². The molecule has 0 bridgehead atoms. The van der Waals surface area contributed by atoms with Crippen molar-refractivity contribution < 1.29 is 14.3 Å². The van der Waals surface area contributed by atoms with Gasteiger partial charge in [0, 0.05) is 5.92 Å². The number of carbonyl (C=O) groups is 2. The quantitative estimate of drug-likeness (QED) is 0.671. The summed E-state index contributed by atoms with van der Waals surface area (Å²) in [5.74, 6) is -0.354. The Balaban J connectivity index is 2.49. The maximum Gasteiger partial charge on any atom is 0.306 e. The Labute approximate surface area is 90.5 Å². The average Bonchev–Trinajstić information content (AvgIpc) is 2.18. The maximum atomic E-state index is 11.6. The molecule has 1 rings (SSSR count). The van der Waals surface area contributed by atoms with Crippen LogP contribution in [0.25, 0.3) is 0 Å². The van der Waals surface area contributed by atoms with Crippen LogP contribution in [0.4, 0.5) is 0 Å². The van der Waals surface area contributed by atoms with Gasteiger partial charge in [0.2, 0.25) is 0 Å². The molecule has 1 unspecified atom stereocenters. The van der Waals surface area contributed by atoms with Crippen molar-refractivity contribution in [3.8, 4) is 0 Å². The van der Waals surface area contributed by atoms with E-state index in [0.29, 0.717) is 6.61 Å². The van der Waals surface area contributed by atoms with E-state index in [4.69, 9.17) is 4.74 Å². The Morgan fingerprint density at radius 2 is 2.33 bits per heavy atom. The summed E-state index contributed by atoms with van der Waals surface area (Å²) in [4.78, 5) is 22.9. The van der Waals surface area contributed by atoms with Gasteiger partial charge in [-0.2, -0.15) is 0 Å². The summed E-state index contributed by atoms with van der Waals surface area (Å²) in [5, 5.41) is 0. The van der Waals surface area contributed by atoms with Crippen molar-refractivity contribution in [1.82, 2.24) is 0 Å². The molecule has 1 aliphatic rings. The summed E-state index contributed by atoms with van der Waals surface area (Å²) in [6.45, 7) is 2.16. The van der Waals surface area contributed by atoms with Crippen molar-refractivity contribution in [2.45, 2.75) is 39.0 Å². The summed E-state index contributed by atoms with van der Waals surface area (Å²) in [5.41, 5.74) is 0. The second-order valence-electron chi connectivity index (χ2n) is 3.80. The normalized spacial score (nSPS) is 21.9. The fourth-order valence-corrected chi connectivity index (χ4v) is 1.75. The smallest absolute Gasteiger partial charge is 0.306 e. The Kier molecular flexibility index (Phi) is 5.08. The minimum atomic E-state index is -0.259. The molecule has 0 aliphatic heterocycles. The zero-order valence-corrected chi connectivity index (χ0v) is 9.20. The second kappa shape index (κ2) is 6.38. The number of ether oxygens (including phenoxy) is 1. The van der Waals surface area contributed by atoms with E-state index in [2.05, 4.69) is 0 Å². The molecule has 0 aromatic rings. The lowest BCUT2D eigenvalue weighted by Gasteiger charge is -2.14. The molecule has 0 saturated carbocycles. The van der Waals surface area contributed by atoms with Crippen molar-refractivity contribution in [3.05, 3.63) is 12.2 Å². The highest BCUT2D eigenvalue weighted by Crippen LogP contribution is 2.19. The van der Waals surface area contributed by atoms with Gasteiger partial charge in [-0.05, 0) is 32.3 Å². The molecule has 84 valence electrons. The average molecular weight is 210 g/mol. The summed E-state index contributed by atoms with van der Waals surface area (Å²) in [6, 6.07) is 0. The highest BCUT2D eigenvalue weighted by molar-refractivity contribution is 5.94. The van der Waals surface area contributed by atoms with Gasteiger partial charge in [0.15, 0.2) is 5.78 Å². The Hall–Kier alpha value is -1.12. The van der Waals surface area contributed by atoms with Crippen LogP contribution < -0.4 is 0 Å². The molecule has 15 heavy (non-hydrogen) atoms. The van der Waals surface area contributed by atoms with Crippen LogP contribution >= 0.6 is 0 Å². The lowest BCUT2D eigenvalue weighted by molar-refractivity contribution is -0.145. The molecule has 0 spiro atoms. The predicted molar refractivity (Wildman–Crippen MR) is 57.4 cm³/mol. The van der Waals surface area contributed by atoms with Crippen molar-refractivity contribution >= 4 is 11.8 Å². The third kappa shape index (κ3) is 4.28. The van der Waals surface area contributed by atoms with Crippen LogP contribution in [0.2, 0.25) is 0 Å². The van der Waals surface area contributed by atoms with E-state index >= 15 is 0 Å². The third-order valence-corrected chi connectivity index (χ3v) is 2.58. The van der Waals surface area contributed by atoms with Gasteiger partial charge in [-0.3, -0.25) is 9.59 Å². The Morgan fingerprint density at radius 3 is 3.07 bits per heavy atom. The van der Waals surface area contributed by atoms with E-state index < -0.39 is 0 Å². The van der Waals surface area contributed by atoms with E-state index in [1.54, 1.807) is 13.0 Å². The number of carbonyl (C=O) groups excluding carboxylic acids is 2. The summed E-state index contributed by atoms with van der Waals surface area (Å²) < 4.78 is 4.85. The molecule has 0 heterocycles. The summed E-state index contributed by atoms with van der Waals surface area (Å²) in [6.07, 6.45) is 7.64. The number of rotatable bonds is 3. The van der Waals surface area contributed by atoms with Gasteiger partial charge in [0.25, 0.3) is 0 Å².